The number of benzene rings is 1. The Bertz CT molecular complexity index is 558. The lowest BCUT2D eigenvalue weighted by molar-refractivity contribution is 0.436. The van der Waals surface area contributed by atoms with Gasteiger partial charge >= 0.3 is 0 Å². The molecule has 1 aromatic heterocycles. The summed E-state index contributed by atoms with van der Waals surface area (Å²) in [6.45, 7) is 1.77. The number of nitrogen functional groups attached to an aromatic ring is 1. The van der Waals surface area contributed by atoms with Gasteiger partial charge in [0.05, 0.1) is 5.69 Å². The molecule has 0 amide bonds. The molecule has 2 rings (SSSR count). The van der Waals surface area contributed by atoms with E-state index in [-0.39, 0.29) is 11.4 Å². The number of nitrogens with zero attached hydrogens (tertiary/aromatic N) is 1. The molecule has 88 valence electrons. The molecule has 0 saturated heterocycles. The van der Waals surface area contributed by atoms with E-state index in [1.54, 1.807) is 19.1 Å². The van der Waals surface area contributed by atoms with Crippen LogP contribution in [0.5, 0.6) is 11.5 Å². The molecule has 0 aliphatic heterocycles. The summed E-state index contributed by atoms with van der Waals surface area (Å²) in [5.41, 5.74) is 5.70. The molecule has 3 nitrogen and oxygen atoms in total. The second kappa shape index (κ2) is 4.37. The molecule has 2 N–H and O–H groups in total. The smallest absolute Gasteiger partial charge is 0.167 e. The summed E-state index contributed by atoms with van der Waals surface area (Å²) in [6.07, 6.45) is 1.52. The van der Waals surface area contributed by atoms with Crippen LogP contribution in [-0.2, 0) is 0 Å². The van der Waals surface area contributed by atoms with Gasteiger partial charge in [-0.2, -0.15) is 0 Å². The molecule has 1 heterocycles. The number of hydrogen-bond acceptors (Lipinski definition) is 3. The topological polar surface area (TPSA) is 48.1 Å². The second-order valence-electron chi connectivity index (χ2n) is 3.54. The molecule has 5 heteroatoms. The van der Waals surface area contributed by atoms with Gasteiger partial charge in [0.2, 0.25) is 0 Å². The lowest BCUT2D eigenvalue weighted by Crippen LogP contribution is -1.95. The van der Waals surface area contributed by atoms with Crippen molar-refractivity contribution in [1.29, 1.82) is 0 Å². The number of ether oxygens (including phenoxy) is 1. The Morgan fingerprint density at radius 3 is 2.65 bits per heavy atom. The van der Waals surface area contributed by atoms with E-state index in [1.165, 1.54) is 6.20 Å². The molecule has 0 aliphatic carbocycles. The van der Waals surface area contributed by atoms with Crippen molar-refractivity contribution in [3.63, 3.8) is 0 Å². The number of halogens is 2. The number of rotatable bonds is 2. The molecule has 0 aliphatic rings. The molecule has 0 saturated carbocycles. The number of nitrogens with two attached hydrogens (primary N) is 1. The van der Waals surface area contributed by atoms with Crippen LogP contribution in [0.25, 0.3) is 0 Å². The van der Waals surface area contributed by atoms with Crippen molar-refractivity contribution in [3.8, 4) is 11.5 Å². The van der Waals surface area contributed by atoms with Gasteiger partial charge in [-0.05, 0) is 13.0 Å². The average molecular weight is 236 g/mol. The zero-order valence-electron chi connectivity index (χ0n) is 9.08. The first-order valence-electron chi connectivity index (χ1n) is 4.91. The molecule has 0 unspecified atom stereocenters. The van der Waals surface area contributed by atoms with Crippen molar-refractivity contribution in [3.05, 3.63) is 47.8 Å². The number of aryl methyl sites for hydroxylation is 1. The van der Waals surface area contributed by atoms with Crippen LogP contribution in [0, 0.1) is 18.6 Å². The summed E-state index contributed by atoms with van der Waals surface area (Å²) in [7, 11) is 0. The first kappa shape index (κ1) is 11.3. The second-order valence-corrected chi connectivity index (χ2v) is 3.54. The molecular formula is C12H10F2N2O. The Hall–Kier alpha value is -2.17. The number of pyridine rings is 1. The van der Waals surface area contributed by atoms with Crippen LogP contribution in [0.4, 0.5) is 14.5 Å². The molecule has 1 aromatic carbocycles. The van der Waals surface area contributed by atoms with Gasteiger partial charge in [0, 0.05) is 30.1 Å². The van der Waals surface area contributed by atoms with Crippen LogP contribution in [0.2, 0.25) is 0 Å². The summed E-state index contributed by atoms with van der Waals surface area (Å²) < 4.78 is 31.8. The van der Waals surface area contributed by atoms with Crippen LogP contribution in [0.15, 0.2) is 30.5 Å². The maximum atomic E-state index is 13.4. The highest BCUT2D eigenvalue weighted by molar-refractivity contribution is 5.45. The lowest BCUT2D eigenvalue weighted by atomic mass is 10.3. The fourth-order valence-electron chi connectivity index (χ4n) is 1.33. The molecule has 0 radical (unpaired) electrons. The summed E-state index contributed by atoms with van der Waals surface area (Å²) in [5.74, 6) is -1.24. The number of aromatic nitrogens is 1. The van der Waals surface area contributed by atoms with Crippen LogP contribution in [0.1, 0.15) is 5.69 Å². The largest absolute Gasteiger partial charge is 0.454 e. The van der Waals surface area contributed by atoms with E-state index in [9.17, 15) is 8.78 Å². The maximum absolute atomic E-state index is 13.4. The highest BCUT2D eigenvalue weighted by atomic mass is 19.1. The van der Waals surface area contributed by atoms with Crippen LogP contribution in [-0.4, -0.2) is 4.98 Å². The first-order valence-corrected chi connectivity index (χ1v) is 4.91. The van der Waals surface area contributed by atoms with E-state index in [2.05, 4.69) is 4.98 Å². The summed E-state index contributed by atoms with van der Waals surface area (Å²) >= 11 is 0. The Morgan fingerprint density at radius 1 is 1.18 bits per heavy atom. The Morgan fingerprint density at radius 2 is 1.94 bits per heavy atom. The van der Waals surface area contributed by atoms with Gasteiger partial charge in [0.15, 0.2) is 11.6 Å². The highest BCUT2D eigenvalue weighted by Gasteiger charge is 2.10. The zero-order chi connectivity index (χ0) is 12.4. The van der Waals surface area contributed by atoms with Gasteiger partial charge < -0.3 is 10.5 Å². The standard InChI is InChI=1S/C12H10F2N2O/c1-7-4-8(2-3-16-7)17-12-6-9(13)11(15)5-10(12)14/h2-6H,15H2,1H3. The molecule has 17 heavy (non-hydrogen) atoms. The maximum Gasteiger partial charge on any atom is 0.167 e. The molecule has 0 fully saturated rings. The van der Waals surface area contributed by atoms with E-state index < -0.39 is 11.6 Å². The summed E-state index contributed by atoms with van der Waals surface area (Å²) in [5, 5.41) is 0. The Balaban J connectivity index is 2.33. The van der Waals surface area contributed by atoms with Gasteiger partial charge in [0.1, 0.15) is 11.6 Å². The van der Waals surface area contributed by atoms with E-state index in [4.69, 9.17) is 10.5 Å². The minimum Gasteiger partial charge on any atom is -0.454 e. The minimum atomic E-state index is -0.716. The van der Waals surface area contributed by atoms with Gasteiger partial charge in [-0.1, -0.05) is 0 Å². The first-order chi connectivity index (χ1) is 8.06. The quantitative estimate of drug-likeness (QED) is 0.815. The Labute approximate surface area is 96.9 Å². The molecule has 0 atom stereocenters. The van der Waals surface area contributed by atoms with Crippen molar-refractivity contribution < 1.29 is 13.5 Å². The third-order valence-electron chi connectivity index (χ3n) is 2.15. The highest BCUT2D eigenvalue weighted by Crippen LogP contribution is 2.27. The van der Waals surface area contributed by atoms with Crippen molar-refractivity contribution in [2.24, 2.45) is 0 Å². The van der Waals surface area contributed by atoms with Crippen LogP contribution in [0.3, 0.4) is 0 Å². The van der Waals surface area contributed by atoms with E-state index in [0.717, 1.165) is 17.8 Å². The van der Waals surface area contributed by atoms with E-state index in [0.29, 0.717) is 5.75 Å². The number of hydrogen-bond donors (Lipinski definition) is 1. The molecule has 0 spiro atoms. The number of anilines is 1. The van der Waals surface area contributed by atoms with Crippen LogP contribution < -0.4 is 10.5 Å². The summed E-state index contributed by atoms with van der Waals surface area (Å²) in [4.78, 5) is 3.97. The van der Waals surface area contributed by atoms with Gasteiger partial charge in [0.25, 0.3) is 0 Å². The third kappa shape index (κ3) is 2.50. The van der Waals surface area contributed by atoms with E-state index >= 15 is 0 Å². The van der Waals surface area contributed by atoms with Crippen molar-refractivity contribution in [1.82, 2.24) is 4.98 Å². The predicted octanol–water partition coefficient (Wildman–Crippen LogP) is 3.04. The van der Waals surface area contributed by atoms with Crippen LogP contribution >= 0.6 is 0 Å². The summed E-state index contributed by atoms with van der Waals surface area (Å²) in [6, 6.07) is 4.98. The molecule has 0 bridgehead atoms. The third-order valence-corrected chi connectivity index (χ3v) is 2.15. The Kier molecular flexibility index (Phi) is 2.91. The van der Waals surface area contributed by atoms with Gasteiger partial charge in [-0.3, -0.25) is 4.98 Å². The fourth-order valence-corrected chi connectivity index (χ4v) is 1.33. The fraction of sp³-hybridized carbons (Fsp3) is 0.0833. The minimum absolute atomic E-state index is 0.206. The van der Waals surface area contributed by atoms with Crippen molar-refractivity contribution in [2.75, 3.05) is 5.73 Å². The lowest BCUT2D eigenvalue weighted by Gasteiger charge is -2.08. The van der Waals surface area contributed by atoms with E-state index in [1.807, 2.05) is 0 Å². The zero-order valence-corrected chi connectivity index (χ0v) is 9.08. The molecule has 2 aromatic rings. The SMILES string of the molecule is Cc1cc(Oc2cc(F)c(N)cc2F)ccn1. The normalized spacial score (nSPS) is 10.3. The molecular weight excluding hydrogens is 226 g/mol. The predicted molar refractivity (Wildman–Crippen MR) is 59.8 cm³/mol. The van der Waals surface area contributed by atoms with Gasteiger partial charge in [-0.15, -0.1) is 0 Å². The van der Waals surface area contributed by atoms with Crippen molar-refractivity contribution in [2.45, 2.75) is 6.92 Å². The van der Waals surface area contributed by atoms with Crippen molar-refractivity contribution >= 4 is 5.69 Å². The average Bonchev–Trinajstić information content (AvgIpc) is 2.26. The van der Waals surface area contributed by atoms with Gasteiger partial charge in [-0.25, -0.2) is 8.78 Å². The monoisotopic (exact) mass is 236 g/mol.